The highest BCUT2D eigenvalue weighted by Gasteiger charge is 2.40. The zero-order valence-electron chi connectivity index (χ0n) is 15.0. The second-order valence-electron chi connectivity index (χ2n) is 7.19. The summed E-state index contributed by atoms with van der Waals surface area (Å²) in [4.78, 5) is 14.9. The lowest BCUT2D eigenvalue weighted by molar-refractivity contribution is 0.193. The highest BCUT2D eigenvalue weighted by Crippen LogP contribution is 2.38. The molecule has 5 nitrogen and oxygen atoms in total. The van der Waals surface area contributed by atoms with Gasteiger partial charge >= 0.3 is 6.03 Å². The van der Waals surface area contributed by atoms with Crippen molar-refractivity contribution in [3.05, 3.63) is 53.4 Å². The van der Waals surface area contributed by atoms with Crippen LogP contribution < -0.4 is 5.32 Å². The number of nitrogens with one attached hydrogen (secondary N) is 1. The number of benzene rings is 1. The highest BCUT2D eigenvalue weighted by atomic mass is 16.2. The Morgan fingerprint density at radius 1 is 1.24 bits per heavy atom. The molecular formula is C20H24N4O. The first-order valence-corrected chi connectivity index (χ1v) is 8.88. The number of nitrogens with zero attached hydrogens (tertiary/aromatic N) is 3. The number of urea groups is 1. The van der Waals surface area contributed by atoms with Crippen molar-refractivity contribution in [1.82, 2.24) is 14.7 Å². The fraction of sp³-hybridized carbons (Fsp3) is 0.400. The van der Waals surface area contributed by atoms with E-state index in [1.807, 2.05) is 41.9 Å². The molecule has 5 heteroatoms. The lowest BCUT2D eigenvalue weighted by Crippen LogP contribution is -2.45. The summed E-state index contributed by atoms with van der Waals surface area (Å²) in [6, 6.07) is 8.64. The van der Waals surface area contributed by atoms with Gasteiger partial charge in [-0.3, -0.25) is 4.68 Å². The average Bonchev–Trinajstić information content (AvgIpc) is 3.11. The molecule has 2 aromatic rings. The number of amides is 2. The van der Waals surface area contributed by atoms with Crippen LogP contribution in [0.1, 0.15) is 36.1 Å². The minimum Gasteiger partial charge on any atom is -0.315 e. The maximum atomic E-state index is 12.9. The minimum atomic E-state index is 0.0137. The van der Waals surface area contributed by atoms with Gasteiger partial charge in [0.15, 0.2) is 0 Å². The van der Waals surface area contributed by atoms with E-state index in [1.165, 1.54) is 11.1 Å². The number of anilines is 1. The van der Waals surface area contributed by atoms with E-state index >= 15 is 0 Å². The van der Waals surface area contributed by atoms with E-state index in [0.29, 0.717) is 0 Å². The SMILES string of the molecule is Cc1ccc(NC(=O)N2C3C=C(c4ccnn4C)CC2CC3)c(C)c1. The summed E-state index contributed by atoms with van der Waals surface area (Å²) in [6.45, 7) is 4.10. The Balaban J connectivity index is 1.55. The summed E-state index contributed by atoms with van der Waals surface area (Å²) in [5.74, 6) is 0. The molecule has 2 bridgehead atoms. The normalized spacial score (nSPS) is 22.0. The quantitative estimate of drug-likeness (QED) is 0.904. The van der Waals surface area contributed by atoms with Gasteiger partial charge in [0.2, 0.25) is 0 Å². The first-order chi connectivity index (χ1) is 12.0. The van der Waals surface area contributed by atoms with Crippen LogP contribution in [0.3, 0.4) is 0 Å². The number of carbonyl (C=O) groups is 1. The fourth-order valence-corrected chi connectivity index (χ4v) is 4.16. The van der Waals surface area contributed by atoms with Gasteiger partial charge in [0.1, 0.15) is 0 Å². The molecule has 1 aromatic carbocycles. The van der Waals surface area contributed by atoms with Crippen LogP contribution in [0.4, 0.5) is 10.5 Å². The number of hydrogen-bond donors (Lipinski definition) is 1. The van der Waals surface area contributed by atoms with Crippen molar-refractivity contribution < 1.29 is 4.79 Å². The lowest BCUT2D eigenvalue weighted by atomic mass is 9.99. The van der Waals surface area contributed by atoms with Crippen molar-refractivity contribution in [3.63, 3.8) is 0 Å². The Kier molecular flexibility index (Phi) is 3.86. The largest absolute Gasteiger partial charge is 0.322 e. The zero-order chi connectivity index (χ0) is 17.6. The predicted molar refractivity (Wildman–Crippen MR) is 99.4 cm³/mol. The van der Waals surface area contributed by atoms with E-state index in [9.17, 15) is 4.79 Å². The highest BCUT2D eigenvalue weighted by molar-refractivity contribution is 5.91. The standard InChI is InChI=1S/C20H24N4O/c1-13-4-7-18(14(2)10-13)22-20(25)24-16-5-6-17(24)12-15(11-16)19-8-9-21-23(19)3/h4,7-11,16-17H,5-6,12H2,1-3H3,(H,22,25). The Bertz CT molecular complexity index is 851. The van der Waals surface area contributed by atoms with Gasteiger partial charge in [0, 0.05) is 25.0 Å². The molecule has 1 fully saturated rings. The molecule has 2 atom stereocenters. The summed E-state index contributed by atoms with van der Waals surface area (Å²) in [5.41, 5.74) is 5.67. The summed E-state index contributed by atoms with van der Waals surface area (Å²) >= 11 is 0. The number of aryl methyl sites for hydroxylation is 3. The third-order valence-electron chi connectivity index (χ3n) is 5.40. The van der Waals surface area contributed by atoms with Crippen LogP contribution in [0, 0.1) is 13.8 Å². The van der Waals surface area contributed by atoms with Gasteiger partial charge in [-0.1, -0.05) is 23.8 Å². The molecule has 0 aliphatic carbocycles. The van der Waals surface area contributed by atoms with E-state index in [-0.39, 0.29) is 18.1 Å². The molecule has 2 aliphatic rings. The molecule has 0 saturated carbocycles. The monoisotopic (exact) mass is 336 g/mol. The Morgan fingerprint density at radius 2 is 2.08 bits per heavy atom. The topological polar surface area (TPSA) is 50.2 Å². The van der Waals surface area contributed by atoms with Crippen LogP contribution in [0.5, 0.6) is 0 Å². The number of hydrogen-bond acceptors (Lipinski definition) is 2. The molecule has 1 N–H and O–H groups in total. The molecule has 1 saturated heterocycles. The molecule has 2 aliphatic heterocycles. The summed E-state index contributed by atoms with van der Waals surface area (Å²) < 4.78 is 1.91. The van der Waals surface area contributed by atoms with Crippen molar-refractivity contribution in [2.45, 2.75) is 45.2 Å². The molecule has 130 valence electrons. The van der Waals surface area contributed by atoms with Gasteiger partial charge in [0.25, 0.3) is 0 Å². The van der Waals surface area contributed by atoms with Crippen LogP contribution in [-0.4, -0.2) is 32.8 Å². The second-order valence-corrected chi connectivity index (χ2v) is 7.19. The third kappa shape index (κ3) is 2.84. The second kappa shape index (κ2) is 6.06. The van der Waals surface area contributed by atoms with Gasteiger partial charge < -0.3 is 10.2 Å². The van der Waals surface area contributed by atoms with Crippen LogP contribution in [0.2, 0.25) is 0 Å². The third-order valence-corrected chi connectivity index (χ3v) is 5.40. The molecular weight excluding hydrogens is 312 g/mol. The van der Waals surface area contributed by atoms with Crippen LogP contribution in [0.15, 0.2) is 36.5 Å². The van der Waals surface area contributed by atoms with Gasteiger partial charge in [-0.05, 0) is 56.4 Å². The number of carbonyl (C=O) groups excluding carboxylic acids is 1. The maximum Gasteiger partial charge on any atom is 0.322 e. The van der Waals surface area contributed by atoms with Crippen molar-refractivity contribution in [3.8, 4) is 0 Å². The van der Waals surface area contributed by atoms with Crippen molar-refractivity contribution >= 4 is 17.3 Å². The molecule has 3 heterocycles. The number of aromatic nitrogens is 2. The molecule has 25 heavy (non-hydrogen) atoms. The summed E-state index contributed by atoms with van der Waals surface area (Å²) in [5, 5.41) is 7.38. The molecule has 4 rings (SSSR count). The molecule has 0 radical (unpaired) electrons. The smallest absolute Gasteiger partial charge is 0.315 e. The van der Waals surface area contributed by atoms with E-state index in [0.717, 1.165) is 36.2 Å². The molecule has 2 unspecified atom stereocenters. The number of fused-ring (bicyclic) bond motifs is 2. The van der Waals surface area contributed by atoms with Crippen molar-refractivity contribution in [2.75, 3.05) is 5.32 Å². The first kappa shape index (κ1) is 15.9. The Morgan fingerprint density at radius 3 is 2.76 bits per heavy atom. The van der Waals surface area contributed by atoms with E-state index in [2.05, 4.69) is 35.5 Å². The Labute approximate surface area is 148 Å². The van der Waals surface area contributed by atoms with Gasteiger partial charge in [-0.15, -0.1) is 0 Å². The van der Waals surface area contributed by atoms with Gasteiger partial charge in [-0.2, -0.15) is 5.10 Å². The Hall–Kier alpha value is -2.56. The van der Waals surface area contributed by atoms with Crippen LogP contribution >= 0.6 is 0 Å². The van der Waals surface area contributed by atoms with Crippen molar-refractivity contribution in [1.29, 1.82) is 0 Å². The number of rotatable bonds is 2. The van der Waals surface area contributed by atoms with Crippen LogP contribution in [0.25, 0.3) is 5.57 Å². The first-order valence-electron chi connectivity index (χ1n) is 8.88. The molecule has 0 spiro atoms. The van der Waals surface area contributed by atoms with Crippen molar-refractivity contribution in [2.24, 2.45) is 7.05 Å². The average molecular weight is 336 g/mol. The lowest BCUT2D eigenvalue weighted by Gasteiger charge is -2.34. The van der Waals surface area contributed by atoms with E-state index < -0.39 is 0 Å². The van der Waals surface area contributed by atoms with Gasteiger partial charge in [0.05, 0.1) is 11.7 Å². The van der Waals surface area contributed by atoms with E-state index in [4.69, 9.17) is 0 Å². The fourth-order valence-electron chi connectivity index (χ4n) is 4.16. The van der Waals surface area contributed by atoms with Gasteiger partial charge in [-0.25, -0.2) is 4.79 Å². The summed E-state index contributed by atoms with van der Waals surface area (Å²) in [7, 11) is 1.97. The maximum absolute atomic E-state index is 12.9. The summed E-state index contributed by atoms with van der Waals surface area (Å²) in [6.07, 6.45) is 7.07. The molecule has 1 aromatic heterocycles. The van der Waals surface area contributed by atoms with Crippen LogP contribution in [-0.2, 0) is 7.05 Å². The zero-order valence-corrected chi connectivity index (χ0v) is 15.0. The minimum absolute atomic E-state index is 0.0137. The molecule has 2 amide bonds. The van der Waals surface area contributed by atoms with E-state index in [1.54, 1.807) is 0 Å². The predicted octanol–water partition coefficient (Wildman–Crippen LogP) is 3.89.